The number of rotatable bonds is 4. The Morgan fingerprint density at radius 1 is 0.943 bits per heavy atom. The first-order chi connectivity index (χ1) is 16.6. The summed E-state index contributed by atoms with van der Waals surface area (Å²) < 4.78 is 6.10. The van der Waals surface area contributed by atoms with E-state index in [2.05, 4.69) is 15.9 Å². The van der Waals surface area contributed by atoms with Gasteiger partial charge in [-0.25, -0.2) is 0 Å². The summed E-state index contributed by atoms with van der Waals surface area (Å²) in [4.78, 5) is 39.6. The molecule has 178 valence electrons. The predicted molar refractivity (Wildman–Crippen MR) is 137 cm³/mol. The Balaban J connectivity index is 1.96. The molecule has 1 amide bonds. The lowest BCUT2D eigenvalue weighted by molar-refractivity contribution is -0.132. The molecule has 3 aromatic carbocycles. The van der Waals surface area contributed by atoms with Gasteiger partial charge in [0.15, 0.2) is 0 Å². The maximum atomic E-state index is 13.4. The fraction of sp³-hybridized carbons (Fsp3) is 0.179. The zero-order valence-corrected chi connectivity index (χ0v) is 21.3. The Labute approximate surface area is 212 Å². The van der Waals surface area contributed by atoms with E-state index in [0.29, 0.717) is 16.8 Å². The summed E-state index contributed by atoms with van der Waals surface area (Å²) in [6, 6.07) is 16.4. The Morgan fingerprint density at radius 3 is 2.34 bits per heavy atom. The van der Waals surface area contributed by atoms with Crippen LogP contribution in [0, 0.1) is 20.8 Å². The molecule has 1 aliphatic rings. The number of anilines is 1. The molecule has 6 nitrogen and oxygen atoms in total. The Bertz CT molecular complexity index is 1410. The molecule has 4 rings (SSSR count). The van der Waals surface area contributed by atoms with Crippen molar-refractivity contribution in [1.82, 2.24) is 0 Å². The van der Waals surface area contributed by atoms with Crippen LogP contribution in [0.2, 0.25) is 0 Å². The normalized spacial score (nSPS) is 17.1. The second-order valence-electron chi connectivity index (χ2n) is 8.57. The van der Waals surface area contributed by atoms with Crippen molar-refractivity contribution < 1.29 is 24.2 Å². The van der Waals surface area contributed by atoms with Gasteiger partial charge in [-0.1, -0.05) is 40.2 Å². The summed E-state index contributed by atoms with van der Waals surface area (Å²) in [5.41, 5.74) is 4.32. The van der Waals surface area contributed by atoms with Crippen LogP contribution in [-0.4, -0.2) is 22.8 Å². The van der Waals surface area contributed by atoms with Gasteiger partial charge in [-0.05, 0) is 79.4 Å². The minimum absolute atomic E-state index is 0.0325. The van der Waals surface area contributed by atoms with Crippen molar-refractivity contribution in [2.75, 3.05) is 4.90 Å². The molecule has 1 unspecified atom stereocenters. The van der Waals surface area contributed by atoms with Crippen LogP contribution in [-0.2, 0) is 14.4 Å². The van der Waals surface area contributed by atoms with E-state index in [1.54, 1.807) is 48.5 Å². The van der Waals surface area contributed by atoms with Crippen LogP contribution < -0.4 is 9.64 Å². The number of Topliss-reactive ketones (excluding diaryl/α,β-unsaturated/α-hetero) is 1. The molecule has 3 aromatic rings. The monoisotopic (exact) mass is 533 g/mol. The second kappa shape index (κ2) is 9.50. The number of benzene rings is 3. The van der Waals surface area contributed by atoms with Crippen molar-refractivity contribution in [3.63, 3.8) is 0 Å². The highest BCUT2D eigenvalue weighted by Gasteiger charge is 2.47. The Morgan fingerprint density at radius 2 is 1.69 bits per heavy atom. The zero-order chi connectivity index (χ0) is 25.4. The van der Waals surface area contributed by atoms with Crippen LogP contribution in [0.5, 0.6) is 5.75 Å². The molecule has 0 bridgehead atoms. The summed E-state index contributed by atoms with van der Waals surface area (Å²) in [5.74, 6) is -2.01. The predicted octanol–water partition coefficient (Wildman–Crippen LogP) is 5.93. The summed E-state index contributed by atoms with van der Waals surface area (Å²) in [6.45, 7) is 7.05. The molecule has 1 saturated heterocycles. The summed E-state index contributed by atoms with van der Waals surface area (Å²) in [6.07, 6.45) is 0. The molecule has 1 N–H and O–H groups in total. The third kappa shape index (κ3) is 4.64. The number of halogens is 1. The maximum absolute atomic E-state index is 13.4. The van der Waals surface area contributed by atoms with Crippen molar-refractivity contribution in [2.45, 2.75) is 33.7 Å². The van der Waals surface area contributed by atoms with Crippen molar-refractivity contribution in [1.29, 1.82) is 0 Å². The zero-order valence-electron chi connectivity index (χ0n) is 19.8. The average molecular weight is 534 g/mol. The molecule has 0 aliphatic carbocycles. The number of nitrogens with zero attached hydrogens (tertiary/aromatic N) is 1. The fourth-order valence-corrected chi connectivity index (χ4v) is 4.40. The first-order valence-corrected chi connectivity index (χ1v) is 11.8. The number of aryl methyl sites for hydroxylation is 3. The molecule has 1 fully saturated rings. The first-order valence-electron chi connectivity index (χ1n) is 11.0. The van der Waals surface area contributed by atoms with Crippen LogP contribution in [0.15, 0.2) is 70.7 Å². The molecule has 1 heterocycles. The molecular weight excluding hydrogens is 510 g/mol. The van der Waals surface area contributed by atoms with Crippen molar-refractivity contribution in [3.05, 3.63) is 98.5 Å². The largest absolute Gasteiger partial charge is 0.507 e. The number of hydrogen-bond donors (Lipinski definition) is 1. The molecule has 1 atom stereocenters. The SMILES string of the molecule is CC(=O)Oc1cccc(C2/C(=C(\O)c3ccc(Br)c(C)c3)C(=O)C(=O)N2c2ccc(C)c(C)c2)c1. The number of ether oxygens (including phenoxy) is 1. The molecule has 1 aliphatic heterocycles. The van der Waals surface area contributed by atoms with E-state index >= 15 is 0 Å². The topological polar surface area (TPSA) is 83.9 Å². The lowest BCUT2D eigenvalue weighted by Gasteiger charge is -2.26. The Kier molecular flexibility index (Phi) is 6.63. The summed E-state index contributed by atoms with van der Waals surface area (Å²) >= 11 is 3.44. The summed E-state index contributed by atoms with van der Waals surface area (Å²) in [7, 11) is 0. The lowest BCUT2D eigenvalue weighted by atomic mass is 9.94. The third-order valence-corrected chi connectivity index (χ3v) is 6.97. The van der Waals surface area contributed by atoms with Gasteiger partial charge in [0, 0.05) is 22.6 Å². The van der Waals surface area contributed by atoms with Gasteiger partial charge < -0.3 is 9.84 Å². The minimum atomic E-state index is -0.920. The van der Waals surface area contributed by atoms with Gasteiger partial charge in [0.1, 0.15) is 11.5 Å². The van der Waals surface area contributed by atoms with Gasteiger partial charge in [0.05, 0.1) is 11.6 Å². The van der Waals surface area contributed by atoms with E-state index in [9.17, 15) is 19.5 Å². The quantitative estimate of drug-likeness (QED) is 0.148. The van der Waals surface area contributed by atoms with Crippen molar-refractivity contribution in [3.8, 4) is 5.75 Å². The molecule has 7 heteroatoms. The van der Waals surface area contributed by atoms with Crippen molar-refractivity contribution >= 4 is 45.0 Å². The van der Waals surface area contributed by atoms with E-state index in [1.165, 1.54) is 11.8 Å². The van der Waals surface area contributed by atoms with Gasteiger partial charge >= 0.3 is 5.97 Å². The van der Waals surface area contributed by atoms with Gasteiger partial charge in [-0.3, -0.25) is 19.3 Å². The highest BCUT2D eigenvalue weighted by Crippen LogP contribution is 2.43. The standard InChI is InChI=1S/C28H24BrNO5/c1-15-8-10-21(13-16(15)2)30-25(19-6-5-7-22(14-19)35-18(4)31)24(27(33)28(30)34)26(32)20-9-11-23(29)17(3)12-20/h5-14,25,32H,1-4H3/b26-24+. The lowest BCUT2D eigenvalue weighted by Crippen LogP contribution is -2.29. The van der Waals surface area contributed by atoms with Crippen molar-refractivity contribution in [2.24, 2.45) is 0 Å². The van der Waals surface area contributed by atoms with E-state index in [-0.39, 0.29) is 17.1 Å². The summed E-state index contributed by atoms with van der Waals surface area (Å²) in [5, 5.41) is 11.3. The van der Waals surface area contributed by atoms with Gasteiger partial charge in [0.25, 0.3) is 11.7 Å². The average Bonchev–Trinajstić information content (AvgIpc) is 3.07. The van der Waals surface area contributed by atoms with E-state index in [1.807, 2.05) is 32.9 Å². The van der Waals surface area contributed by atoms with Gasteiger partial charge in [0.2, 0.25) is 0 Å². The number of carbonyl (C=O) groups excluding carboxylic acids is 3. The maximum Gasteiger partial charge on any atom is 0.308 e. The van der Waals surface area contributed by atoms with Crippen LogP contribution in [0.3, 0.4) is 0 Å². The smallest absolute Gasteiger partial charge is 0.308 e. The number of ketones is 1. The number of esters is 1. The first kappa shape index (κ1) is 24.4. The molecule has 0 aromatic heterocycles. The third-order valence-electron chi connectivity index (χ3n) is 6.08. The second-order valence-corrected chi connectivity index (χ2v) is 9.42. The van der Waals surface area contributed by atoms with Gasteiger partial charge in [-0.15, -0.1) is 0 Å². The fourth-order valence-electron chi connectivity index (χ4n) is 4.15. The van der Waals surface area contributed by atoms with Crippen LogP contribution >= 0.6 is 15.9 Å². The number of amides is 1. The van der Waals surface area contributed by atoms with Crippen LogP contribution in [0.4, 0.5) is 5.69 Å². The number of aliphatic hydroxyl groups excluding tert-OH is 1. The molecule has 35 heavy (non-hydrogen) atoms. The van der Waals surface area contributed by atoms with Gasteiger partial charge in [-0.2, -0.15) is 0 Å². The van der Waals surface area contributed by atoms with E-state index in [4.69, 9.17) is 4.74 Å². The van der Waals surface area contributed by atoms with E-state index in [0.717, 1.165) is 21.2 Å². The highest BCUT2D eigenvalue weighted by atomic mass is 79.9. The van der Waals surface area contributed by atoms with Crippen LogP contribution in [0.25, 0.3) is 5.76 Å². The highest BCUT2D eigenvalue weighted by molar-refractivity contribution is 9.10. The van der Waals surface area contributed by atoms with Crippen LogP contribution in [0.1, 0.15) is 40.8 Å². The molecule has 0 radical (unpaired) electrons. The number of aliphatic hydroxyl groups is 1. The number of hydrogen-bond acceptors (Lipinski definition) is 5. The molecule has 0 saturated carbocycles. The number of carbonyl (C=O) groups is 3. The Hall–Kier alpha value is -3.71. The molecular formula is C28H24BrNO5. The molecule has 0 spiro atoms. The minimum Gasteiger partial charge on any atom is -0.507 e. The van der Waals surface area contributed by atoms with E-state index < -0.39 is 23.7 Å².